The van der Waals surface area contributed by atoms with Crippen molar-refractivity contribution in [2.24, 2.45) is 5.92 Å². The third kappa shape index (κ3) is 4.63. The summed E-state index contributed by atoms with van der Waals surface area (Å²) in [7, 11) is -3.57. The molecule has 0 saturated heterocycles. The van der Waals surface area contributed by atoms with Crippen LogP contribution in [0.3, 0.4) is 0 Å². The summed E-state index contributed by atoms with van der Waals surface area (Å²) in [6, 6.07) is 8.25. The number of halogens is 1. The summed E-state index contributed by atoms with van der Waals surface area (Å²) in [5.41, 5.74) is 2.75. The van der Waals surface area contributed by atoms with Crippen LogP contribution in [-0.4, -0.2) is 29.5 Å². The molecule has 1 aromatic carbocycles. The number of hydrogen-bond acceptors (Lipinski definition) is 4. The van der Waals surface area contributed by atoms with Crippen LogP contribution in [0.25, 0.3) is 22.2 Å². The minimum atomic E-state index is -3.57. The monoisotopic (exact) mass is 443 g/mol. The van der Waals surface area contributed by atoms with Gasteiger partial charge in [0.05, 0.1) is 17.1 Å². The van der Waals surface area contributed by atoms with Crippen molar-refractivity contribution in [1.82, 2.24) is 9.55 Å². The highest BCUT2D eigenvalue weighted by Crippen LogP contribution is 2.34. The normalized spacial score (nSPS) is 14.2. The zero-order valence-corrected chi connectivity index (χ0v) is 18.5. The zero-order valence-electron chi connectivity index (χ0n) is 17.7. The Morgan fingerprint density at radius 3 is 2.65 bits per heavy atom. The lowest BCUT2D eigenvalue weighted by Crippen LogP contribution is -2.15. The predicted molar refractivity (Wildman–Crippen MR) is 120 cm³/mol. The van der Waals surface area contributed by atoms with Crippen LogP contribution in [0.5, 0.6) is 0 Å². The maximum atomic E-state index is 14.8. The Kier molecular flexibility index (Phi) is 5.83. The second kappa shape index (κ2) is 8.42. The minimum Gasteiger partial charge on any atom is -0.333 e. The highest BCUT2D eigenvalue weighted by molar-refractivity contribution is 7.92. The average Bonchev–Trinajstić information content (AvgIpc) is 3.52. The zero-order chi connectivity index (χ0) is 22.2. The van der Waals surface area contributed by atoms with E-state index in [0.29, 0.717) is 11.3 Å². The minimum absolute atomic E-state index is 0.0800. The number of nitrogens with zero attached hydrogens (tertiary/aromatic N) is 2. The van der Waals surface area contributed by atoms with Gasteiger partial charge in [0.15, 0.2) is 0 Å². The first kappa shape index (κ1) is 21.5. The number of nitrogens with one attached hydrogen (secondary N) is 1. The molecule has 6 nitrogen and oxygen atoms in total. The molecule has 1 saturated carbocycles. The molecule has 4 rings (SSSR count). The molecule has 1 N–H and O–H groups in total. The van der Waals surface area contributed by atoms with Gasteiger partial charge in [-0.1, -0.05) is 13.0 Å². The summed E-state index contributed by atoms with van der Waals surface area (Å²) in [6.07, 6.45) is 5.05. The van der Waals surface area contributed by atoms with Crippen LogP contribution in [-0.2, 0) is 27.8 Å². The first-order chi connectivity index (χ1) is 14.8. The first-order valence-corrected chi connectivity index (χ1v) is 12.3. The van der Waals surface area contributed by atoms with Crippen LogP contribution in [0.1, 0.15) is 38.8 Å². The van der Waals surface area contributed by atoms with E-state index in [2.05, 4.69) is 11.6 Å². The van der Waals surface area contributed by atoms with E-state index in [1.54, 1.807) is 6.07 Å². The lowest BCUT2D eigenvalue weighted by atomic mass is 10.00. The molecule has 0 atom stereocenters. The Balaban J connectivity index is 1.78. The summed E-state index contributed by atoms with van der Waals surface area (Å²) in [6.45, 7) is 4.37. The first-order valence-electron chi connectivity index (χ1n) is 10.6. The topological polar surface area (TPSA) is 81.1 Å². The summed E-state index contributed by atoms with van der Waals surface area (Å²) in [5, 5.41) is 0.873. The van der Waals surface area contributed by atoms with Gasteiger partial charge in [0, 0.05) is 30.5 Å². The van der Waals surface area contributed by atoms with Crippen LogP contribution >= 0.6 is 0 Å². The number of anilines is 1. The lowest BCUT2D eigenvalue weighted by molar-refractivity contribution is -0.119. The van der Waals surface area contributed by atoms with Crippen molar-refractivity contribution in [3.8, 4) is 11.1 Å². The molecule has 1 aliphatic carbocycles. The van der Waals surface area contributed by atoms with Gasteiger partial charge in [0.1, 0.15) is 17.2 Å². The number of ketones is 1. The highest BCUT2D eigenvalue weighted by atomic mass is 32.2. The highest BCUT2D eigenvalue weighted by Gasteiger charge is 2.29. The van der Waals surface area contributed by atoms with E-state index in [1.165, 1.54) is 19.1 Å². The van der Waals surface area contributed by atoms with Crippen molar-refractivity contribution in [3.05, 3.63) is 48.0 Å². The third-order valence-corrected chi connectivity index (χ3v) is 6.85. The number of carbonyl (C=O) groups excluding carboxylic acids is 1. The number of carbonyl (C=O) groups is 1. The number of sulfonamides is 1. The Morgan fingerprint density at radius 1 is 1.23 bits per heavy atom. The van der Waals surface area contributed by atoms with E-state index >= 15 is 0 Å². The van der Waals surface area contributed by atoms with Gasteiger partial charge in [-0.2, -0.15) is 0 Å². The fraction of sp³-hybridized carbons (Fsp3) is 0.391. The quantitative estimate of drug-likeness (QED) is 0.527. The summed E-state index contributed by atoms with van der Waals surface area (Å²) < 4.78 is 42.7. The third-order valence-electron chi connectivity index (χ3n) is 5.56. The van der Waals surface area contributed by atoms with E-state index in [-0.39, 0.29) is 29.6 Å². The van der Waals surface area contributed by atoms with Crippen molar-refractivity contribution >= 4 is 32.5 Å². The molecule has 0 spiro atoms. The van der Waals surface area contributed by atoms with Gasteiger partial charge in [-0.15, -0.1) is 0 Å². The number of Topliss-reactive ketones (excluding diaryl/α,β-unsaturated/α-hetero) is 1. The summed E-state index contributed by atoms with van der Waals surface area (Å²) in [5.74, 6) is -0.445. The van der Waals surface area contributed by atoms with Crippen LogP contribution in [0.2, 0.25) is 0 Å². The molecular weight excluding hydrogens is 417 g/mol. The van der Waals surface area contributed by atoms with E-state index in [9.17, 15) is 17.6 Å². The van der Waals surface area contributed by atoms with Gasteiger partial charge < -0.3 is 4.57 Å². The van der Waals surface area contributed by atoms with Crippen molar-refractivity contribution in [3.63, 3.8) is 0 Å². The van der Waals surface area contributed by atoms with Gasteiger partial charge in [-0.25, -0.2) is 17.8 Å². The molecular formula is C23H26FN3O3S. The van der Waals surface area contributed by atoms with Gasteiger partial charge >= 0.3 is 0 Å². The van der Waals surface area contributed by atoms with Crippen molar-refractivity contribution in [1.29, 1.82) is 0 Å². The number of hydrogen-bond donors (Lipinski definition) is 1. The molecule has 0 aliphatic heterocycles. The Labute approximate surface area is 181 Å². The average molecular weight is 444 g/mol. The molecule has 164 valence electrons. The Morgan fingerprint density at radius 2 is 2.00 bits per heavy atom. The Hall–Kier alpha value is -2.74. The number of pyridine rings is 1. The fourth-order valence-corrected chi connectivity index (χ4v) is 4.34. The molecule has 0 unspecified atom stereocenters. The molecule has 2 aromatic heterocycles. The second-order valence-corrected chi connectivity index (χ2v) is 10.0. The van der Waals surface area contributed by atoms with Gasteiger partial charge in [-0.3, -0.25) is 9.52 Å². The van der Waals surface area contributed by atoms with Crippen LogP contribution in [0, 0.1) is 11.7 Å². The molecule has 2 heterocycles. The molecule has 0 radical (unpaired) electrons. The summed E-state index contributed by atoms with van der Waals surface area (Å²) in [4.78, 5) is 17.1. The van der Waals surface area contributed by atoms with E-state index in [0.717, 1.165) is 42.4 Å². The molecule has 0 amide bonds. The van der Waals surface area contributed by atoms with Crippen LogP contribution in [0.4, 0.5) is 10.1 Å². The van der Waals surface area contributed by atoms with E-state index < -0.39 is 15.8 Å². The van der Waals surface area contributed by atoms with Crippen molar-refractivity contribution in [2.45, 2.75) is 46.1 Å². The van der Waals surface area contributed by atoms with Crippen LogP contribution in [0.15, 0.2) is 36.5 Å². The number of aromatic nitrogens is 2. The largest absolute Gasteiger partial charge is 0.333 e. The van der Waals surface area contributed by atoms with Gasteiger partial charge in [0.2, 0.25) is 10.0 Å². The van der Waals surface area contributed by atoms with Crippen molar-refractivity contribution < 1.29 is 17.6 Å². The molecule has 0 bridgehead atoms. The maximum Gasteiger partial charge on any atom is 0.232 e. The standard InChI is InChI=1S/C23H26FN3O3S/c1-3-10-27-11-9-18-19(13-17(25-23(18)27)14-22(28)15-5-6-15)16-7-8-21(20(24)12-16)26-31(29,30)4-2/h7-9,11-13,15,26H,3-6,10,14H2,1-2H3. The fourth-order valence-electron chi connectivity index (χ4n) is 3.70. The van der Waals surface area contributed by atoms with E-state index in [4.69, 9.17) is 4.98 Å². The van der Waals surface area contributed by atoms with Gasteiger partial charge in [0.25, 0.3) is 0 Å². The number of benzene rings is 1. The number of rotatable bonds is 9. The SMILES string of the molecule is CCCn1ccc2c(-c3ccc(NS(=O)(=O)CC)c(F)c3)cc(CC(=O)C3CC3)nc21. The van der Waals surface area contributed by atoms with Gasteiger partial charge in [-0.05, 0) is 61.6 Å². The molecule has 1 aliphatic rings. The summed E-state index contributed by atoms with van der Waals surface area (Å²) >= 11 is 0. The molecule has 8 heteroatoms. The lowest BCUT2D eigenvalue weighted by Gasteiger charge is -2.12. The second-order valence-electron chi connectivity index (χ2n) is 8.03. The molecule has 3 aromatic rings. The predicted octanol–water partition coefficient (Wildman–Crippen LogP) is 4.54. The number of fused-ring (bicyclic) bond motifs is 1. The van der Waals surface area contributed by atoms with E-state index in [1.807, 2.05) is 22.9 Å². The Bertz CT molecular complexity index is 1250. The number of aryl methyl sites for hydroxylation is 1. The molecule has 1 fully saturated rings. The van der Waals surface area contributed by atoms with Crippen LogP contribution < -0.4 is 4.72 Å². The smallest absolute Gasteiger partial charge is 0.232 e. The van der Waals surface area contributed by atoms with Crippen molar-refractivity contribution in [2.75, 3.05) is 10.5 Å². The maximum absolute atomic E-state index is 14.8. The molecule has 31 heavy (non-hydrogen) atoms.